The fraction of sp³-hybridized carbons (Fsp3) is 0.467. The number of esters is 1. The molecule has 0 aliphatic heterocycles. The fourth-order valence-electron chi connectivity index (χ4n) is 1.86. The minimum absolute atomic E-state index is 0.0717. The van der Waals surface area contributed by atoms with E-state index >= 15 is 0 Å². The van der Waals surface area contributed by atoms with Gasteiger partial charge in [0.1, 0.15) is 6.54 Å². The van der Waals surface area contributed by atoms with Gasteiger partial charge in [-0.3, -0.25) is 9.59 Å². The van der Waals surface area contributed by atoms with Crippen LogP contribution in [0, 0.1) is 6.92 Å². The van der Waals surface area contributed by atoms with Crippen LogP contribution < -0.4 is 5.73 Å². The molecule has 1 aromatic carbocycles. The quantitative estimate of drug-likeness (QED) is 0.660. The normalized spacial score (nSPS) is 10.4. The number of nitrogens with two attached hydrogens (primary N) is 1. The van der Waals surface area contributed by atoms with Crippen molar-refractivity contribution in [2.24, 2.45) is 0 Å². The van der Waals surface area contributed by atoms with Crippen molar-refractivity contribution in [1.82, 2.24) is 4.90 Å². The number of carbonyl (C=O) groups is 2. The molecule has 20 heavy (non-hydrogen) atoms. The van der Waals surface area contributed by atoms with Gasteiger partial charge in [-0.1, -0.05) is 12.1 Å². The Kier molecular flexibility index (Phi) is 5.55. The summed E-state index contributed by atoms with van der Waals surface area (Å²) in [6, 6.07) is 5.18. The van der Waals surface area contributed by atoms with Crippen LogP contribution in [0.4, 0.5) is 5.69 Å². The van der Waals surface area contributed by atoms with E-state index < -0.39 is 5.97 Å². The van der Waals surface area contributed by atoms with Crippen molar-refractivity contribution in [3.63, 3.8) is 0 Å². The van der Waals surface area contributed by atoms with E-state index in [0.717, 1.165) is 5.56 Å². The van der Waals surface area contributed by atoms with Crippen LogP contribution in [0.25, 0.3) is 0 Å². The average Bonchev–Trinajstić information content (AvgIpc) is 2.38. The lowest BCUT2D eigenvalue weighted by Gasteiger charge is -2.26. The summed E-state index contributed by atoms with van der Waals surface area (Å²) in [5.74, 6) is -0.671. The van der Waals surface area contributed by atoms with Crippen LogP contribution in [0.3, 0.4) is 0 Å². The minimum Gasteiger partial charge on any atom is -0.465 e. The number of anilines is 1. The van der Waals surface area contributed by atoms with Gasteiger partial charge in [0.05, 0.1) is 12.2 Å². The maximum absolute atomic E-state index is 12.5. The molecule has 110 valence electrons. The molecule has 1 rings (SSSR count). The highest BCUT2D eigenvalue weighted by Gasteiger charge is 2.23. The molecule has 5 nitrogen and oxygen atoms in total. The standard InChI is InChI=1S/C15H22N2O3/c1-5-20-13(18)9-17(10(2)3)15(19)12-8-6-7-11(4)14(12)16/h6-8,10H,5,9,16H2,1-4H3. The van der Waals surface area contributed by atoms with Gasteiger partial charge < -0.3 is 15.4 Å². The van der Waals surface area contributed by atoms with Crippen molar-refractivity contribution in [1.29, 1.82) is 0 Å². The van der Waals surface area contributed by atoms with Crippen LogP contribution in [0.1, 0.15) is 36.7 Å². The number of ether oxygens (including phenoxy) is 1. The second kappa shape index (κ2) is 6.93. The van der Waals surface area contributed by atoms with Crippen molar-refractivity contribution < 1.29 is 14.3 Å². The molecule has 5 heteroatoms. The summed E-state index contributed by atoms with van der Waals surface area (Å²) in [5.41, 5.74) is 7.66. The van der Waals surface area contributed by atoms with Crippen molar-refractivity contribution >= 4 is 17.6 Å². The number of para-hydroxylation sites is 1. The third kappa shape index (κ3) is 3.73. The first-order chi connectivity index (χ1) is 9.38. The van der Waals surface area contributed by atoms with Crippen LogP contribution in [-0.4, -0.2) is 36.0 Å². The minimum atomic E-state index is -0.416. The maximum Gasteiger partial charge on any atom is 0.325 e. The van der Waals surface area contributed by atoms with Gasteiger partial charge in [-0.05, 0) is 39.3 Å². The molecule has 0 aliphatic carbocycles. The molecular formula is C15H22N2O3. The van der Waals surface area contributed by atoms with E-state index in [-0.39, 0.29) is 18.5 Å². The number of rotatable bonds is 5. The van der Waals surface area contributed by atoms with Gasteiger partial charge in [0.15, 0.2) is 0 Å². The van der Waals surface area contributed by atoms with E-state index in [1.807, 2.05) is 26.8 Å². The molecule has 0 spiro atoms. The summed E-state index contributed by atoms with van der Waals surface area (Å²) in [4.78, 5) is 25.6. The summed E-state index contributed by atoms with van der Waals surface area (Å²) in [5, 5.41) is 0. The summed E-state index contributed by atoms with van der Waals surface area (Å²) in [6.07, 6.45) is 0. The molecule has 0 bridgehead atoms. The topological polar surface area (TPSA) is 72.6 Å². The third-order valence-electron chi connectivity index (χ3n) is 3.04. The number of nitrogen functional groups attached to an aromatic ring is 1. The zero-order valence-electron chi connectivity index (χ0n) is 12.5. The smallest absolute Gasteiger partial charge is 0.325 e. The molecule has 0 aromatic heterocycles. The molecule has 0 unspecified atom stereocenters. The molecule has 0 saturated carbocycles. The van der Waals surface area contributed by atoms with Crippen molar-refractivity contribution in [3.05, 3.63) is 29.3 Å². The van der Waals surface area contributed by atoms with Crippen LogP contribution >= 0.6 is 0 Å². The largest absolute Gasteiger partial charge is 0.465 e. The van der Waals surface area contributed by atoms with E-state index in [0.29, 0.717) is 17.9 Å². The lowest BCUT2D eigenvalue weighted by molar-refractivity contribution is -0.144. The first kappa shape index (κ1) is 16.0. The molecule has 0 aliphatic rings. The number of aryl methyl sites for hydroxylation is 1. The third-order valence-corrected chi connectivity index (χ3v) is 3.04. The molecule has 1 amide bonds. The lowest BCUT2D eigenvalue weighted by atomic mass is 10.1. The van der Waals surface area contributed by atoms with Crippen molar-refractivity contribution in [2.75, 3.05) is 18.9 Å². The highest BCUT2D eigenvalue weighted by Crippen LogP contribution is 2.19. The van der Waals surface area contributed by atoms with E-state index in [2.05, 4.69) is 0 Å². The van der Waals surface area contributed by atoms with Crippen LogP contribution in [0.5, 0.6) is 0 Å². The second-order valence-corrected chi connectivity index (χ2v) is 4.87. The van der Waals surface area contributed by atoms with Crippen LogP contribution in [0.2, 0.25) is 0 Å². The zero-order valence-corrected chi connectivity index (χ0v) is 12.5. The van der Waals surface area contributed by atoms with Crippen LogP contribution in [-0.2, 0) is 9.53 Å². The van der Waals surface area contributed by atoms with Gasteiger partial charge in [0.2, 0.25) is 0 Å². The van der Waals surface area contributed by atoms with Gasteiger partial charge in [0.25, 0.3) is 5.91 Å². The van der Waals surface area contributed by atoms with Gasteiger partial charge >= 0.3 is 5.97 Å². The Balaban J connectivity index is 3.00. The predicted molar refractivity (Wildman–Crippen MR) is 78.4 cm³/mol. The Labute approximate surface area is 119 Å². The van der Waals surface area contributed by atoms with E-state index in [1.165, 1.54) is 4.90 Å². The first-order valence-electron chi connectivity index (χ1n) is 6.70. The van der Waals surface area contributed by atoms with E-state index in [9.17, 15) is 9.59 Å². The maximum atomic E-state index is 12.5. The Morgan fingerprint density at radius 1 is 1.35 bits per heavy atom. The zero-order chi connectivity index (χ0) is 15.3. The number of hydrogen-bond donors (Lipinski definition) is 1. The van der Waals surface area contributed by atoms with E-state index in [4.69, 9.17) is 10.5 Å². The molecule has 0 heterocycles. The van der Waals surface area contributed by atoms with Gasteiger partial charge in [-0.25, -0.2) is 0 Å². The lowest BCUT2D eigenvalue weighted by Crippen LogP contribution is -2.41. The number of amides is 1. The fourth-order valence-corrected chi connectivity index (χ4v) is 1.86. The van der Waals surface area contributed by atoms with E-state index in [1.54, 1.807) is 19.1 Å². The number of nitrogens with zero attached hydrogens (tertiary/aromatic N) is 1. The average molecular weight is 278 g/mol. The number of benzene rings is 1. The molecule has 0 atom stereocenters. The summed E-state index contributed by atoms with van der Waals surface area (Å²) in [7, 11) is 0. The number of hydrogen-bond acceptors (Lipinski definition) is 4. The molecule has 0 radical (unpaired) electrons. The second-order valence-electron chi connectivity index (χ2n) is 4.87. The Morgan fingerprint density at radius 3 is 2.55 bits per heavy atom. The summed E-state index contributed by atoms with van der Waals surface area (Å²) >= 11 is 0. The van der Waals surface area contributed by atoms with Crippen LogP contribution in [0.15, 0.2) is 18.2 Å². The highest BCUT2D eigenvalue weighted by molar-refractivity contribution is 6.01. The van der Waals surface area contributed by atoms with Gasteiger partial charge in [0, 0.05) is 11.7 Å². The Bertz CT molecular complexity index is 498. The monoisotopic (exact) mass is 278 g/mol. The molecule has 2 N–H and O–H groups in total. The van der Waals surface area contributed by atoms with Crippen molar-refractivity contribution in [3.8, 4) is 0 Å². The molecule has 0 fully saturated rings. The molecule has 1 aromatic rings. The highest BCUT2D eigenvalue weighted by atomic mass is 16.5. The predicted octanol–water partition coefficient (Wildman–Crippen LogP) is 1.99. The Morgan fingerprint density at radius 2 is 2.00 bits per heavy atom. The summed E-state index contributed by atoms with van der Waals surface area (Å²) < 4.78 is 4.90. The molecular weight excluding hydrogens is 256 g/mol. The van der Waals surface area contributed by atoms with Gasteiger partial charge in [-0.2, -0.15) is 0 Å². The summed E-state index contributed by atoms with van der Waals surface area (Å²) in [6.45, 7) is 7.50. The van der Waals surface area contributed by atoms with Crippen molar-refractivity contribution in [2.45, 2.75) is 33.7 Å². The SMILES string of the molecule is CCOC(=O)CN(C(=O)c1cccc(C)c1N)C(C)C. The van der Waals surface area contributed by atoms with Gasteiger partial charge in [-0.15, -0.1) is 0 Å². The number of carbonyl (C=O) groups excluding carboxylic acids is 2. The molecule has 0 saturated heterocycles. The first-order valence-corrected chi connectivity index (χ1v) is 6.70. The Hall–Kier alpha value is -2.04.